The molecule has 0 spiro atoms. The molecule has 132 valence electrons. The van der Waals surface area contributed by atoms with Crippen molar-refractivity contribution in [3.05, 3.63) is 11.7 Å². The van der Waals surface area contributed by atoms with Gasteiger partial charge in [-0.1, -0.05) is 12.1 Å². The first-order chi connectivity index (χ1) is 11.5. The van der Waals surface area contributed by atoms with Crippen molar-refractivity contribution in [2.45, 2.75) is 57.9 Å². The van der Waals surface area contributed by atoms with Crippen molar-refractivity contribution in [1.82, 2.24) is 15.0 Å². The predicted octanol–water partition coefficient (Wildman–Crippen LogP) is 1.74. The third kappa shape index (κ3) is 3.83. The van der Waals surface area contributed by atoms with Crippen LogP contribution in [0.2, 0.25) is 0 Å². The van der Waals surface area contributed by atoms with Gasteiger partial charge in [0, 0.05) is 25.4 Å². The summed E-state index contributed by atoms with van der Waals surface area (Å²) in [6.07, 6.45) is 4.39. The molecule has 1 saturated heterocycles. The molecule has 0 aromatic carbocycles. The molecule has 1 aromatic heterocycles. The maximum Gasteiger partial charge on any atom is 0.239 e. The standard InChI is InChI=1S/C17H26N4O3/c1-10(12-5-7-21(8-6-12)17(23)11(2)18)9-14(22)15-19-16(24-20-15)13-3-4-13/h10-13H,3-9,18H2,1-2H3/t10?,11-/m0/s1. The molecular formula is C17H26N4O3. The lowest BCUT2D eigenvalue weighted by molar-refractivity contribution is -0.133. The van der Waals surface area contributed by atoms with Gasteiger partial charge in [-0.3, -0.25) is 9.59 Å². The highest BCUT2D eigenvalue weighted by Crippen LogP contribution is 2.39. The number of ketones is 1. The third-order valence-electron chi connectivity index (χ3n) is 5.17. The minimum Gasteiger partial charge on any atom is -0.341 e. The molecule has 1 saturated carbocycles. The van der Waals surface area contributed by atoms with Gasteiger partial charge in [-0.2, -0.15) is 4.98 Å². The van der Waals surface area contributed by atoms with Crippen LogP contribution in [0.4, 0.5) is 0 Å². The lowest BCUT2D eigenvalue weighted by Crippen LogP contribution is -2.46. The lowest BCUT2D eigenvalue weighted by atomic mass is 9.82. The van der Waals surface area contributed by atoms with Gasteiger partial charge < -0.3 is 15.2 Å². The molecule has 1 aliphatic heterocycles. The maximum absolute atomic E-state index is 12.3. The summed E-state index contributed by atoms with van der Waals surface area (Å²) in [5.41, 5.74) is 5.66. The minimum absolute atomic E-state index is 0.0107. The summed E-state index contributed by atoms with van der Waals surface area (Å²) < 4.78 is 5.16. The van der Waals surface area contributed by atoms with E-state index < -0.39 is 6.04 Å². The summed E-state index contributed by atoms with van der Waals surface area (Å²) in [7, 11) is 0. The van der Waals surface area contributed by atoms with E-state index in [1.54, 1.807) is 6.92 Å². The number of hydrogen-bond acceptors (Lipinski definition) is 6. The number of Topliss-reactive ketones (excluding diaryl/α,β-unsaturated/α-hetero) is 1. The van der Waals surface area contributed by atoms with Crippen LogP contribution in [-0.4, -0.2) is 45.9 Å². The highest BCUT2D eigenvalue weighted by molar-refractivity contribution is 5.92. The SMILES string of the molecule is CC(CC(=O)c1noc(C2CC2)n1)C1CCN(C(=O)[C@H](C)N)CC1. The Kier molecular flexibility index (Phi) is 4.99. The molecule has 1 aromatic rings. The number of carbonyl (C=O) groups excluding carboxylic acids is 2. The number of hydrogen-bond donors (Lipinski definition) is 1. The van der Waals surface area contributed by atoms with Gasteiger partial charge in [0.2, 0.25) is 23.4 Å². The first-order valence-electron chi connectivity index (χ1n) is 8.87. The number of carbonyl (C=O) groups is 2. The van der Waals surface area contributed by atoms with Crippen molar-refractivity contribution in [2.75, 3.05) is 13.1 Å². The molecule has 2 atom stereocenters. The van der Waals surface area contributed by atoms with Crippen LogP contribution in [0.1, 0.15) is 68.4 Å². The molecular weight excluding hydrogens is 308 g/mol. The topological polar surface area (TPSA) is 102 Å². The number of nitrogens with two attached hydrogens (primary N) is 1. The molecule has 7 heteroatoms. The predicted molar refractivity (Wildman–Crippen MR) is 87.3 cm³/mol. The fraction of sp³-hybridized carbons (Fsp3) is 0.765. The highest BCUT2D eigenvalue weighted by atomic mass is 16.5. The van der Waals surface area contributed by atoms with E-state index in [4.69, 9.17) is 10.3 Å². The van der Waals surface area contributed by atoms with Crippen LogP contribution in [0.25, 0.3) is 0 Å². The minimum atomic E-state index is -0.445. The molecule has 1 unspecified atom stereocenters. The van der Waals surface area contributed by atoms with E-state index in [0.717, 1.165) is 38.8 Å². The largest absolute Gasteiger partial charge is 0.341 e. The van der Waals surface area contributed by atoms with E-state index in [9.17, 15) is 9.59 Å². The van der Waals surface area contributed by atoms with Crippen molar-refractivity contribution in [3.8, 4) is 0 Å². The molecule has 1 amide bonds. The van der Waals surface area contributed by atoms with Crippen LogP contribution >= 0.6 is 0 Å². The van der Waals surface area contributed by atoms with Gasteiger partial charge in [-0.15, -0.1) is 0 Å². The fourth-order valence-electron chi connectivity index (χ4n) is 3.37. The normalized spacial score (nSPS) is 21.5. The Morgan fingerprint density at radius 2 is 1.92 bits per heavy atom. The van der Waals surface area contributed by atoms with Crippen LogP contribution < -0.4 is 5.73 Å². The highest BCUT2D eigenvalue weighted by Gasteiger charge is 2.32. The summed E-state index contributed by atoms with van der Waals surface area (Å²) in [5.74, 6) is 1.82. The van der Waals surface area contributed by atoms with Crippen molar-refractivity contribution in [1.29, 1.82) is 0 Å². The van der Waals surface area contributed by atoms with Crippen LogP contribution in [-0.2, 0) is 4.79 Å². The van der Waals surface area contributed by atoms with Gasteiger partial charge in [-0.05, 0) is 44.4 Å². The van der Waals surface area contributed by atoms with Crippen LogP contribution in [0.5, 0.6) is 0 Å². The van der Waals surface area contributed by atoms with Crippen molar-refractivity contribution in [2.24, 2.45) is 17.6 Å². The molecule has 2 N–H and O–H groups in total. The van der Waals surface area contributed by atoms with E-state index in [0.29, 0.717) is 24.1 Å². The summed E-state index contributed by atoms with van der Waals surface area (Å²) in [6.45, 7) is 5.25. The van der Waals surface area contributed by atoms with E-state index in [-0.39, 0.29) is 23.4 Å². The van der Waals surface area contributed by atoms with E-state index in [1.165, 1.54) is 0 Å². The fourth-order valence-corrected chi connectivity index (χ4v) is 3.37. The van der Waals surface area contributed by atoms with Gasteiger partial charge in [0.1, 0.15) is 0 Å². The van der Waals surface area contributed by atoms with E-state index >= 15 is 0 Å². The van der Waals surface area contributed by atoms with E-state index in [2.05, 4.69) is 17.1 Å². The van der Waals surface area contributed by atoms with Gasteiger partial charge in [0.05, 0.1) is 6.04 Å². The molecule has 24 heavy (non-hydrogen) atoms. The Morgan fingerprint density at radius 3 is 2.50 bits per heavy atom. The second-order valence-electron chi connectivity index (χ2n) is 7.29. The van der Waals surface area contributed by atoms with Crippen molar-refractivity contribution in [3.63, 3.8) is 0 Å². The van der Waals surface area contributed by atoms with Crippen LogP contribution in [0, 0.1) is 11.8 Å². The van der Waals surface area contributed by atoms with Gasteiger partial charge >= 0.3 is 0 Å². The molecule has 7 nitrogen and oxygen atoms in total. The Labute approximate surface area is 142 Å². The first-order valence-corrected chi connectivity index (χ1v) is 8.87. The van der Waals surface area contributed by atoms with Crippen LogP contribution in [0.3, 0.4) is 0 Å². The Bertz CT molecular complexity index is 601. The quantitative estimate of drug-likeness (QED) is 0.795. The number of rotatable bonds is 6. The Balaban J connectivity index is 1.49. The summed E-state index contributed by atoms with van der Waals surface area (Å²) >= 11 is 0. The Hall–Kier alpha value is -1.76. The number of piperidine rings is 1. The molecule has 0 radical (unpaired) electrons. The smallest absolute Gasteiger partial charge is 0.239 e. The van der Waals surface area contributed by atoms with Crippen molar-refractivity contribution < 1.29 is 14.1 Å². The summed E-state index contributed by atoms with van der Waals surface area (Å²) in [6, 6.07) is -0.445. The van der Waals surface area contributed by atoms with Gasteiger partial charge in [0.15, 0.2) is 0 Å². The second-order valence-corrected chi connectivity index (χ2v) is 7.29. The van der Waals surface area contributed by atoms with Crippen molar-refractivity contribution >= 4 is 11.7 Å². The first kappa shape index (κ1) is 17.1. The monoisotopic (exact) mass is 334 g/mol. The third-order valence-corrected chi connectivity index (χ3v) is 5.17. The lowest BCUT2D eigenvalue weighted by Gasteiger charge is -2.35. The molecule has 3 rings (SSSR count). The maximum atomic E-state index is 12.3. The zero-order valence-corrected chi connectivity index (χ0v) is 14.4. The number of amides is 1. The molecule has 2 heterocycles. The molecule has 2 fully saturated rings. The summed E-state index contributed by atoms with van der Waals surface area (Å²) in [5, 5.41) is 3.83. The second kappa shape index (κ2) is 7.01. The Morgan fingerprint density at radius 1 is 1.25 bits per heavy atom. The van der Waals surface area contributed by atoms with Gasteiger partial charge in [-0.25, -0.2) is 0 Å². The summed E-state index contributed by atoms with van der Waals surface area (Å²) in [4.78, 5) is 30.3. The zero-order valence-electron chi connectivity index (χ0n) is 14.4. The zero-order chi connectivity index (χ0) is 17.3. The average Bonchev–Trinajstić information content (AvgIpc) is 3.31. The number of aromatic nitrogens is 2. The molecule has 2 aliphatic rings. The molecule has 1 aliphatic carbocycles. The van der Waals surface area contributed by atoms with Crippen LogP contribution in [0.15, 0.2) is 4.52 Å². The number of likely N-dealkylation sites (tertiary alicyclic amines) is 1. The van der Waals surface area contributed by atoms with E-state index in [1.807, 2.05) is 4.90 Å². The molecule has 0 bridgehead atoms. The average molecular weight is 334 g/mol. The van der Waals surface area contributed by atoms with Gasteiger partial charge in [0.25, 0.3) is 0 Å². The number of nitrogens with zero attached hydrogens (tertiary/aromatic N) is 3.